The van der Waals surface area contributed by atoms with Crippen LogP contribution >= 0.6 is 0 Å². The van der Waals surface area contributed by atoms with Crippen molar-refractivity contribution in [1.29, 1.82) is 0 Å². The van der Waals surface area contributed by atoms with Gasteiger partial charge in [-0.15, -0.1) is 5.10 Å². The van der Waals surface area contributed by atoms with E-state index in [-0.39, 0.29) is 0 Å². The Bertz CT molecular complexity index is 787. The average molecular weight is 307 g/mol. The van der Waals surface area contributed by atoms with Crippen LogP contribution in [0.25, 0.3) is 0 Å². The van der Waals surface area contributed by atoms with Crippen LogP contribution in [0.2, 0.25) is 0 Å². The van der Waals surface area contributed by atoms with E-state index < -0.39 is 0 Å². The van der Waals surface area contributed by atoms with E-state index in [0.29, 0.717) is 18.3 Å². The lowest BCUT2D eigenvalue weighted by Gasteiger charge is -2.29. The third-order valence-electron chi connectivity index (χ3n) is 3.92. The minimum absolute atomic E-state index is 0.571. The molecule has 0 saturated carbocycles. The molecule has 1 aliphatic heterocycles. The van der Waals surface area contributed by atoms with Crippen LogP contribution in [0.5, 0.6) is 0 Å². The number of furan rings is 1. The first-order chi connectivity index (χ1) is 11.4. The van der Waals surface area contributed by atoms with E-state index in [1.54, 1.807) is 12.5 Å². The lowest BCUT2D eigenvalue weighted by atomic mass is 10.0. The molecule has 4 rings (SSSR count). The van der Waals surface area contributed by atoms with Crippen molar-refractivity contribution in [3.63, 3.8) is 0 Å². The normalized spacial score (nSPS) is 13.7. The topological polar surface area (TPSA) is 67.1 Å². The van der Waals surface area contributed by atoms with Crippen LogP contribution in [-0.4, -0.2) is 21.7 Å². The monoisotopic (exact) mass is 307 g/mol. The zero-order chi connectivity index (χ0) is 15.5. The SMILES string of the molecule is c1coc(CNc2cnnc(N3CCCc4ccccc43)n2)c1. The van der Waals surface area contributed by atoms with Crippen molar-refractivity contribution in [3.05, 3.63) is 60.2 Å². The second-order valence-electron chi connectivity index (χ2n) is 5.46. The minimum atomic E-state index is 0.571. The molecule has 0 spiro atoms. The summed E-state index contributed by atoms with van der Waals surface area (Å²) >= 11 is 0. The van der Waals surface area contributed by atoms with Crippen molar-refractivity contribution in [2.24, 2.45) is 0 Å². The van der Waals surface area contributed by atoms with Gasteiger partial charge in [-0.1, -0.05) is 18.2 Å². The van der Waals surface area contributed by atoms with Crippen LogP contribution < -0.4 is 10.2 Å². The number of hydrogen-bond donors (Lipinski definition) is 1. The van der Waals surface area contributed by atoms with E-state index in [1.165, 1.54) is 11.3 Å². The molecule has 0 unspecified atom stereocenters. The largest absolute Gasteiger partial charge is 0.467 e. The molecule has 6 heteroatoms. The summed E-state index contributed by atoms with van der Waals surface area (Å²) in [5.41, 5.74) is 2.50. The van der Waals surface area contributed by atoms with Gasteiger partial charge in [0.15, 0.2) is 5.82 Å². The van der Waals surface area contributed by atoms with Gasteiger partial charge in [-0.2, -0.15) is 10.1 Å². The number of aryl methyl sites for hydroxylation is 1. The quantitative estimate of drug-likeness (QED) is 0.798. The standard InChI is InChI=1S/C17H17N5O/c1-2-8-15-13(5-1)6-3-9-22(15)17-20-16(12-19-21-17)18-11-14-7-4-10-23-14/h1-2,4-5,7-8,10,12H,3,6,9,11H2,(H,18,20,21). The van der Waals surface area contributed by atoms with Gasteiger partial charge >= 0.3 is 0 Å². The Morgan fingerprint density at radius 1 is 1.17 bits per heavy atom. The van der Waals surface area contributed by atoms with Crippen molar-refractivity contribution < 1.29 is 4.42 Å². The Kier molecular flexibility index (Phi) is 3.63. The summed E-state index contributed by atoms with van der Waals surface area (Å²) in [6.07, 6.45) is 5.47. The van der Waals surface area contributed by atoms with Crippen LogP contribution in [0.15, 0.2) is 53.3 Å². The molecule has 1 aliphatic rings. The molecular weight excluding hydrogens is 290 g/mol. The van der Waals surface area contributed by atoms with Gasteiger partial charge < -0.3 is 14.6 Å². The maximum absolute atomic E-state index is 5.31. The fourth-order valence-corrected chi connectivity index (χ4v) is 2.83. The first-order valence-electron chi connectivity index (χ1n) is 7.71. The van der Waals surface area contributed by atoms with E-state index >= 15 is 0 Å². The fraction of sp³-hybridized carbons (Fsp3) is 0.235. The fourth-order valence-electron chi connectivity index (χ4n) is 2.83. The van der Waals surface area contributed by atoms with Crippen LogP contribution in [0, 0.1) is 0 Å². The van der Waals surface area contributed by atoms with Crippen LogP contribution in [0.4, 0.5) is 17.5 Å². The van der Waals surface area contributed by atoms with Gasteiger partial charge in [-0.05, 0) is 36.6 Å². The van der Waals surface area contributed by atoms with Crippen molar-refractivity contribution in [3.8, 4) is 0 Å². The molecule has 0 saturated heterocycles. The lowest BCUT2D eigenvalue weighted by Crippen LogP contribution is -2.26. The molecule has 0 atom stereocenters. The van der Waals surface area contributed by atoms with Gasteiger partial charge in [0.25, 0.3) is 5.95 Å². The van der Waals surface area contributed by atoms with Crippen molar-refractivity contribution >= 4 is 17.5 Å². The Labute approximate surface area is 134 Å². The third-order valence-corrected chi connectivity index (χ3v) is 3.92. The van der Waals surface area contributed by atoms with Gasteiger partial charge in [-0.25, -0.2) is 0 Å². The Balaban J connectivity index is 1.57. The number of hydrogen-bond acceptors (Lipinski definition) is 6. The summed E-state index contributed by atoms with van der Waals surface area (Å²) < 4.78 is 5.31. The molecule has 1 aromatic carbocycles. The van der Waals surface area contributed by atoms with Gasteiger partial charge in [-0.3, -0.25) is 0 Å². The number of anilines is 3. The first kappa shape index (κ1) is 13.8. The van der Waals surface area contributed by atoms with E-state index in [2.05, 4.69) is 43.6 Å². The summed E-state index contributed by atoms with van der Waals surface area (Å²) in [6.45, 7) is 1.47. The molecule has 1 N–H and O–H groups in total. The van der Waals surface area contributed by atoms with Crippen LogP contribution in [0.1, 0.15) is 17.7 Å². The summed E-state index contributed by atoms with van der Waals surface area (Å²) in [6, 6.07) is 12.2. The van der Waals surface area contributed by atoms with Gasteiger partial charge in [0.05, 0.1) is 19.0 Å². The minimum Gasteiger partial charge on any atom is -0.467 e. The smallest absolute Gasteiger partial charge is 0.251 e. The Morgan fingerprint density at radius 3 is 3.04 bits per heavy atom. The van der Waals surface area contributed by atoms with Crippen LogP contribution in [-0.2, 0) is 13.0 Å². The molecule has 2 aromatic heterocycles. The molecule has 0 amide bonds. The highest BCUT2D eigenvalue weighted by molar-refractivity contribution is 5.63. The highest BCUT2D eigenvalue weighted by Crippen LogP contribution is 2.31. The number of rotatable bonds is 4. The van der Waals surface area contributed by atoms with Crippen molar-refractivity contribution in [2.75, 3.05) is 16.8 Å². The molecule has 116 valence electrons. The molecule has 3 heterocycles. The molecule has 0 bridgehead atoms. The van der Waals surface area contributed by atoms with Gasteiger partial charge in [0, 0.05) is 12.2 Å². The number of benzene rings is 1. The number of fused-ring (bicyclic) bond motifs is 1. The third kappa shape index (κ3) is 2.88. The van der Waals surface area contributed by atoms with Crippen molar-refractivity contribution in [1.82, 2.24) is 15.2 Å². The second kappa shape index (κ2) is 6.08. The first-order valence-corrected chi connectivity index (χ1v) is 7.71. The van der Waals surface area contributed by atoms with E-state index in [1.807, 2.05) is 18.2 Å². The molecule has 0 radical (unpaired) electrons. The number of nitrogens with one attached hydrogen (secondary N) is 1. The number of para-hydroxylation sites is 1. The summed E-state index contributed by atoms with van der Waals surface area (Å²) in [7, 11) is 0. The number of nitrogens with zero attached hydrogens (tertiary/aromatic N) is 4. The Morgan fingerprint density at radius 2 is 2.13 bits per heavy atom. The highest BCUT2D eigenvalue weighted by atomic mass is 16.3. The predicted molar refractivity (Wildman–Crippen MR) is 87.6 cm³/mol. The molecule has 3 aromatic rings. The Hall–Kier alpha value is -2.89. The molecule has 0 aliphatic carbocycles. The maximum atomic E-state index is 5.31. The maximum Gasteiger partial charge on any atom is 0.251 e. The van der Waals surface area contributed by atoms with Crippen LogP contribution in [0.3, 0.4) is 0 Å². The molecule has 23 heavy (non-hydrogen) atoms. The summed E-state index contributed by atoms with van der Waals surface area (Å²) in [5.74, 6) is 2.17. The lowest BCUT2D eigenvalue weighted by molar-refractivity contribution is 0.517. The predicted octanol–water partition coefficient (Wildman–Crippen LogP) is 3.16. The number of aromatic nitrogens is 3. The average Bonchev–Trinajstić information content (AvgIpc) is 3.13. The summed E-state index contributed by atoms with van der Waals surface area (Å²) in [4.78, 5) is 6.72. The molecule has 6 nitrogen and oxygen atoms in total. The molecule has 0 fully saturated rings. The zero-order valence-corrected chi connectivity index (χ0v) is 12.6. The van der Waals surface area contributed by atoms with Gasteiger partial charge in [0.2, 0.25) is 0 Å². The van der Waals surface area contributed by atoms with E-state index in [9.17, 15) is 0 Å². The van der Waals surface area contributed by atoms with Crippen molar-refractivity contribution in [2.45, 2.75) is 19.4 Å². The van der Waals surface area contributed by atoms with E-state index in [4.69, 9.17) is 4.42 Å². The summed E-state index contributed by atoms with van der Waals surface area (Å²) in [5, 5.41) is 11.5. The zero-order valence-electron chi connectivity index (χ0n) is 12.6. The van der Waals surface area contributed by atoms with Gasteiger partial charge in [0.1, 0.15) is 5.76 Å². The highest BCUT2D eigenvalue weighted by Gasteiger charge is 2.20. The molecular formula is C17H17N5O. The second-order valence-corrected chi connectivity index (χ2v) is 5.46. The van der Waals surface area contributed by atoms with E-state index in [0.717, 1.165) is 25.1 Å².